The zero-order valence-electron chi connectivity index (χ0n) is 19.6. The topological polar surface area (TPSA) is 90.9 Å². The summed E-state index contributed by atoms with van der Waals surface area (Å²) < 4.78 is 20.8. The van der Waals surface area contributed by atoms with Crippen molar-refractivity contribution in [2.24, 2.45) is 23.7 Å². The molecule has 6 rings (SSSR count). The Bertz CT molecular complexity index is 1260. The number of esters is 3. The van der Waals surface area contributed by atoms with Crippen LogP contribution < -0.4 is 5.32 Å². The number of carbonyl (C=O) groups excluding carboxylic acids is 3. The van der Waals surface area contributed by atoms with Crippen LogP contribution in [0.15, 0.2) is 42.5 Å². The van der Waals surface area contributed by atoms with Gasteiger partial charge in [-0.3, -0.25) is 9.59 Å². The molecule has 1 N–H and O–H groups in total. The molecular weight excluding hydrogens is 815 g/mol. The van der Waals surface area contributed by atoms with Crippen molar-refractivity contribution in [3.63, 3.8) is 0 Å². The van der Waals surface area contributed by atoms with Crippen LogP contribution in [-0.4, -0.2) is 43.2 Å². The summed E-state index contributed by atoms with van der Waals surface area (Å²) in [5.74, 6) is -2.88. The minimum Gasteiger partial charge on any atom is -0.458 e. The number of benzene rings is 2. The summed E-state index contributed by atoms with van der Waals surface area (Å²) in [6.45, 7) is 1.47. The van der Waals surface area contributed by atoms with Crippen LogP contribution in [0, 0.1) is 34.4 Å². The number of fused-ring (bicyclic) bond motifs is 1. The van der Waals surface area contributed by atoms with E-state index in [4.69, 9.17) is 14.2 Å². The first-order chi connectivity index (χ1) is 17.8. The predicted octanol–water partition coefficient (Wildman–Crippen LogP) is 4.66. The molecule has 0 radical (unpaired) electrons. The molecule has 6 atom stereocenters. The summed E-state index contributed by atoms with van der Waals surface area (Å²) in [4.78, 5) is 40.1. The molecule has 2 bridgehead atoms. The van der Waals surface area contributed by atoms with Gasteiger partial charge in [0.25, 0.3) is 0 Å². The molecular formula is C27H24I3NO6. The molecule has 2 saturated heterocycles. The first-order valence-corrected chi connectivity index (χ1v) is 15.6. The Morgan fingerprint density at radius 3 is 2.49 bits per heavy atom. The molecule has 10 heteroatoms. The van der Waals surface area contributed by atoms with Gasteiger partial charge in [0.1, 0.15) is 17.8 Å². The van der Waals surface area contributed by atoms with E-state index in [1.807, 2.05) is 36.4 Å². The van der Waals surface area contributed by atoms with Gasteiger partial charge in [-0.2, -0.15) is 0 Å². The lowest BCUT2D eigenvalue weighted by Gasteiger charge is -2.39. The van der Waals surface area contributed by atoms with Gasteiger partial charge in [-0.15, -0.1) is 0 Å². The van der Waals surface area contributed by atoms with Crippen LogP contribution in [0.4, 0.5) is 0 Å². The Balaban J connectivity index is 1.27. The highest BCUT2D eigenvalue weighted by atomic mass is 127. The lowest BCUT2D eigenvalue weighted by molar-refractivity contribution is -0.175. The van der Waals surface area contributed by atoms with E-state index in [9.17, 15) is 14.4 Å². The molecule has 7 nitrogen and oxygen atoms in total. The third-order valence-electron chi connectivity index (χ3n) is 8.28. The number of halogens is 3. The monoisotopic (exact) mass is 839 g/mol. The average molecular weight is 839 g/mol. The van der Waals surface area contributed by atoms with Crippen LogP contribution in [0.5, 0.6) is 0 Å². The third kappa shape index (κ3) is 4.50. The van der Waals surface area contributed by atoms with Crippen molar-refractivity contribution in [1.82, 2.24) is 5.32 Å². The smallest absolute Gasteiger partial charge is 0.339 e. The van der Waals surface area contributed by atoms with Crippen LogP contribution in [-0.2, 0) is 29.4 Å². The number of hydrogen-bond acceptors (Lipinski definition) is 7. The first kappa shape index (κ1) is 26.2. The van der Waals surface area contributed by atoms with Crippen LogP contribution in [0.3, 0.4) is 0 Å². The first-order valence-electron chi connectivity index (χ1n) is 12.3. The second-order valence-corrected chi connectivity index (χ2v) is 13.7. The van der Waals surface area contributed by atoms with Crippen molar-refractivity contribution in [2.75, 3.05) is 13.1 Å². The summed E-state index contributed by atoms with van der Waals surface area (Å²) in [6.07, 6.45) is 0.758. The fraction of sp³-hybridized carbons (Fsp3) is 0.444. The van der Waals surface area contributed by atoms with Gasteiger partial charge >= 0.3 is 17.9 Å². The summed E-state index contributed by atoms with van der Waals surface area (Å²) in [5.41, 5.74) is 0.704. The van der Waals surface area contributed by atoms with Crippen molar-refractivity contribution in [1.29, 1.82) is 0 Å². The van der Waals surface area contributed by atoms with Crippen LogP contribution in [0.1, 0.15) is 35.2 Å². The molecule has 2 aromatic rings. The molecule has 0 amide bonds. The van der Waals surface area contributed by atoms with E-state index in [1.165, 1.54) is 0 Å². The normalized spacial score (nSPS) is 31.2. The van der Waals surface area contributed by atoms with Gasteiger partial charge in [-0.05, 0) is 105 Å². The fourth-order valence-corrected chi connectivity index (χ4v) is 9.02. The van der Waals surface area contributed by atoms with E-state index in [0.29, 0.717) is 24.8 Å². The van der Waals surface area contributed by atoms with E-state index >= 15 is 0 Å². The van der Waals surface area contributed by atoms with Gasteiger partial charge in [0.15, 0.2) is 0 Å². The maximum Gasteiger partial charge on any atom is 0.339 e. The number of ether oxygens (including phenoxy) is 3. The minimum absolute atomic E-state index is 0.135. The molecule has 2 aliphatic heterocycles. The molecule has 2 heterocycles. The second-order valence-electron chi connectivity index (χ2n) is 10.2. The Hall–Kier alpha value is -1.000. The minimum atomic E-state index is -0.743. The molecule has 2 aromatic carbocycles. The van der Waals surface area contributed by atoms with Crippen LogP contribution >= 0.6 is 67.8 Å². The average Bonchev–Trinajstić information content (AvgIpc) is 3.51. The van der Waals surface area contributed by atoms with Gasteiger partial charge in [0.05, 0.1) is 17.4 Å². The van der Waals surface area contributed by atoms with Gasteiger partial charge in [0, 0.05) is 35.4 Å². The molecule has 2 aliphatic carbocycles. The number of carbonyl (C=O) groups is 3. The van der Waals surface area contributed by atoms with E-state index in [-0.39, 0.29) is 23.8 Å². The molecule has 0 aromatic heterocycles. The van der Waals surface area contributed by atoms with E-state index in [2.05, 4.69) is 73.1 Å². The Morgan fingerprint density at radius 2 is 1.76 bits per heavy atom. The largest absolute Gasteiger partial charge is 0.458 e. The standard InChI is InChI=1S/C27H24I3NO6/c28-14-10-17(21(30)18(29)11-14)24(32)35-22-16-12-15-19(25(33)36-23(15)22)20(16)26(34)37-27(6-8-31-9-7-27)13-4-2-1-3-5-13/h1-5,10-11,15-16,19-20,22-23,31H,6-9,12H2. The van der Waals surface area contributed by atoms with Crippen molar-refractivity contribution in [3.8, 4) is 0 Å². The number of nitrogens with one attached hydrogen (secondary N) is 1. The summed E-state index contributed by atoms with van der Waals surface area (Å²) in [7, 11) is 0. The summed E-state index contributed by atoms with van der Waals surface area (Å²) in [6, 6.07) is 13.6. The third-order valence-corrected chi connectivity index (χ3v) is 11.9. The maximum atomic E-state index is 13.9. The molecule has 2 saturated carbocycles. The zero-order chi connectivity index (χ0) is 25.9. The molecule has 4 fully saturated rings. The quantitative estimate of drug-likeness (QED) is 0.203. The van der Waals surface area contributed by atoms with E-state index in [0.717, 1.165) is 29.4 Å². The zero-order valence-corrected chi connectivity index (χ0v) is 26.1. The number of piperidine rings is 1. The summed E-state index contributed by atoms with van der Waals surface area (Å²) >= 11 is 6.53. The fourth-order valence-electron chi connectivity index (χ4n) is 6.64. The molecule has 37 heavy (non-hydrogen) atoms. The molecule has 6 unspecified atom stereocenters. The molecule has 194 valence electrons. The lowest BCUT2D eigenvalue weighted by Crippen LogP contribution is -2.48. The highest BCUT2D eigenvalue weighted by Gasteiger charge is 2.70. The molecule has 4 aliphatic rings. The number of rotatable bonds is 5. The van der Waals surface area contributed by atoms with Gasteiger partial charge < -0.3 is 19.5 Å². The van der Waals surface area contributed by atoms with Crippen molar-refractivity contribution < 1.29 is 28.6 Å². The van der Waals surface area contributed by atoms with Gasteiger partial charge in [0.2, 0.25) is 0 Å². The Kier molecular flexibility index (Phi) is 7.23. The SMILES string of the molecule is O=C(OC1C2CC3C1OC(=O)C3C2C(=O)OC1(c2ccccc2)CCNCC1)c1cc(I)cc(I)c1I. The lowest BCUT2D eigenvalue weighted by atomic mass is 9.78. The van der Waals surface area contributed by atoms with Gasteiger partial charge in [-0.25, -0.2) is 4.79 Å². The highest BCUT2D eigenvalue weighted by molar-refractivity contribution is 14.1. The van der Waals surface area contributed by atoms with E-state index in [1.54, 1.807) is 6.07 Å². The van der Waals surface area contributed by atoms with Crippen LogP contribution in [0.25, 0.3) is 0 Å². The van der Waals surface area contributed by atoms with Crippen molar-refractivity contribution >= 4 is 85.7 Å². The van der Waals surface area contributed by atoms with E-state index < -0.39 is 35.6 Å². The van der Waals surface area contributed by atoms with Crippen molar-refractivity contribution in [3.05, 3.63) is 64.3 Å². The van der Waals surface area contributed by atoms with Crippen molar-refractivity contribution in [2.45, 2.75) is 37.1 Å². The number of hydrogen-bond donors (Lipinski definition) is 1. The molecule has 0 spiro atoms. The van der Waals surface area contributed by atoms with Crippen LogP contribution in [0.2, 0.25) is 0 Å². The highest BCUT2D eigenvalue weighted by Crippen LogP contribution is 2.59. The second kappa shape index (κ2) is 10.2. The van der Waals surface area contributed by atoms with Gasteiger partial charge in [-0.1, -0.05) is 30.3 Å². The maximum absolute atomic E-state index is 13.9. The Morgan fingerprint density at radius 1 is 1.03 bits per heavy atom. The Labute approximate surface area is 255 Å². The predicted molar refractivity (Wildman–Crippen MR) is 159 cm³/mol. The summed E-state index contributed by atoms with van der Waals surface area (Å²) in [5, 5.41) is 3.34.